The van der Waals surface area contributed by atoms with Crippen molar-refractivity contribution in [3.8, 4) is 5.75 Å². The van der Waals surface area contributed by atoms with E-state index in [1.807, 2.05) is 0 Å². The number of ether oxygens (including phenoxy) is 2. The summed E-state index contributed by atoms with van der Waals surface area (Å²) in [7, 11) is -2.40. The average molecular weight is 364 g/mol. The highest BCUT2D eigenvalue weighted by molar-refractivity contribution is 7.89. The van der Waals surface area contributed by atoms with Crippen molar-refractivity contribution >= 4 is 10.0 Å². The van der Waals surface area contributed by atoms with Crippen LogP contribution in [-0.4, -0.2) is 48.4 Å². The van der Waals surface area contributed by atoms with E-state index in [4.69, 9.17) is 4.74 Å². The normalized spacial score (nSPS) is 17.8. The standard InChI is InChI=1S/C15H22F2N2O4S/c1-22-11-15(6-8-18-9-7-15)10-19-24(20,21)13-5-3-2-4-12(13)23-14(16)17/h2-5,14,18-19H,6-11H2,1H3. The number of alkyl halides is 2. The lowest BCUT2D eigenvalue weighted by molar-refractivity contribution is -0.0517. The zero-order valence-electron chi connectivity index (χ0n) is 13.4. The van der Waals surface area contributed by atoms with Crippen LogP contribution in [0.1, 0.15) is 12.8 Å². The number of nitrogens with one attached hydrogen (secondary N) is 2. The summed E-state index contributed by atoms with van der Waals surface area (Å²) in [6.45, 7) is -0.947. The maximum absolute atomic E-state index is 12.5. The van der Waals surface area contributed by atoms with E-state index in [1.165, 1.54) is 24.3 Å². The third-order valence-corrected chi connectivity index (χ3v) is 5.55. The molecule has 6 nitrogen and oxygen atoms in total. The molecular formula is C15H22F2N2O4S. The van der Waals surface area contributed by atoms with E-state index in [0.717, 1.165) is 25.9 Å². The van der Waals surface area contributed by atoms with Crippen LogP contribution in [0.3, 0.4) is 0 Å². The van der Waals surface area contributed by atoms with E-state index in [2.05, 4.69) is 14.8 Å². The van der Waals surface area contributed by atoms with Crippen LogP contribution in [0.4, 0.5) is 8.78 Å². The lowest BCUT2D eigenvalue weighted by Crippen LogP contribution is -2.47. The molecule has 0 aliphatic carbocycles. The number of methoxy groups -OCH3 is 1. The predicted octanol–water partition coefficient (Wildman–Crippen LogP) is 1.58. The molecule has 0 radical (unpaired) electrons. The number of rotatable bonds is 8. The van der Waals surface area contributed by atoms with E-state index in [0.29, 0.717) is 6.61 Å². The second-order valence-electron chi connectivity index (χ2n) is 5.83. The molecule has 2 rings (SSSR count). The van der Waals surface area contributed by atoms with Crippen molar-refractivity contribution in [2.75, 3.05) is 33.4 Å². The number of benzene rings is 1. The first-order valence-electron chi connectivity index (χ1n) is 7.62. The SMILES string of the molecule is COCC1(CNS(=O)(=O)c2ccccc2OC(F)F)CCNCC1. The number of hydrogen-bond acceptors (Lipinski definition) is 5. The van der Waals surface area contributed by atoms with Gasteiger partial charge in [0.2, 0.25) is 10.0 Å². The Morgan fingerprint density at radius 2 is 1.96 bits per heavy atom. The maximum Gasteiger partial charge on any atom is 0.387 e. The molecule has 0 spiro atoms. The molecule has 0 saturated carbocycles. The van der Waals surface area contributed by atoms with Gasteiger partial charge in [0.15, 0.2) is 0 Å². The molecule has 0 aromatic heterocycles. The summed E-state index contributed by atoms with van der Waals surface area (Å²) >= 11 is 0. The minimum absolute atomic E-state index is 0.174. The van der Waals surface area contributed by atoms with Gasteiger partial charge in [-0.15, -0.1) is 0 Å². The number of halogens is 2. The summed E-state index contributed by atoms with van der Waals surface area (Å²) in [5, 5.41) is 3.22. The summed E-state index contributed by atoms with van der Waals surface area (Å²) in [5.41, 5.74) is -0.314. The van der Waals surface area contributed by atoms with Crippen LogP contribution in [-0.2, 0) is 14.8 Å². The fourth-order valence-electron chi connectivity index (χ4n) is 2.83. The Hall–Kier alpha value is -1.29. The Morgan fingerprint density at radius 3 is 2.58 bits per heavy atom. The third-order valence-electron chi connectivity index (χ3n) is 4.11. The van der Waals surface area contributed by atoms with Crippen molar-refractivity contribution in [1.29, 1.82) is 0 Å². The van der Waals surface area contributed by atoms with Gasteiger partial charge in [-0.2, -0.15) is 8.78 Å². The maximum atomic E-state index is 12.5. The molecule has 0 unspecified atom stereocenters. The van der Waals surface area contributed by atoms with Crippen LogP contribution in [0.2, 0.25) is 0 Å². The Kier molecular flexibility index (Phi) is 6.50. The lowest BCUT2D eigenvalue weighted by Gasteiger charge is -2.37. The summed E-state index contributed by atoms with van der Waals surface area (Å²) < 4.78 is 62.1. The van der Waals surface area contributed by atoms with E-state index >= 15 is 0 Å². The molecule has 1 fully saturated rings. The van der Waals surface area contributed by atoms with Crippen LogP contribution >= 0.6 is 0 Å². The van der Waals surface area contributed by atoms with Crippen LogP contribution in [0.15, 0.2) is 29.2 Å². The molecule has 136 valence electrons. The second kappa shape index (κ2) is 8.19. The summed E-state index contributed by atoms with van der Waals surface area (Å²) in [5.74, 6) is -0.369. The zero-order chi connectivity index (χ0) is 17.6. The number of sulfonamides is 1. The fourth-order valence-corrected chi connectivity index (χ4v) is 4.12. The number of hydrogen-bond donors (Lipinski definition) is 2. The second-order valence-corrected chi connectivity index (χ2v) is 7.57. The van der Waals surface area contributed by atoms with Gasteiger partial charge in [0.25, 0.3) is 0 Å². The highest BCUT2D eigenvalue weighted by Gasteiger charge is 2.34. The van der Waals surface area contributed by atoms with Crippen molar-refractivity contribution in [2.45, 2.75) is 24.3 Å². The van der Waals surface area contributed by atoms with E-state index in [9.17, 15) is 17.2 Å². The van der Waals surface area contributed by atoms with Gasteiger partial charge in [0.05, 0.1) is 6.61 Å². The Bertz CT molecular complexity index is 629. The molecule has 1 saturated heterocycles. The van der Waals surface area contributed by atoms with E-state index in [1.54, 1.807) is 7.11 Å². The molecule has 0 atom stereocenters. The molecule has 1 aromatic carbocycles. The van der Waals surface area contributed by atoms with Crippen LogP contribution < -0.4 is 14.8 Å². The predicted molar refractivity (Wildman–Crippen MR) is 84.7 cm³/mol. The zero-order valence-corrected chi connectivity index (χ0v) is 14.2. The van der Waals surface area contributed by atoms with Crippen molar-refractivity contribution in [1.82, 2.24) is 10.0 Å². The summed E-state index contributed by atoms with van der Waals surface area (Å²) in [4.78, 5) is -0.299. The monoisotopic (exact) mass is 364 g/mol. The summed E-state index contributed by atoms with van der Waals surface area (Å²) in [6.07, 6.45) is 1.52. The minimum atomic E-state index is -3.98. The van der Waals surface area contributed by atoms with Gasteiger partial charge in [-0.25, -0.2) is 13.1 Å². The largest absolute Gasteiger partial charge is 0.433 e. The lowest BCUT2D eigenvalue weighted by atomic mass is 9.80. The van der Waals surface area contributed by atoms with Gasteiger partial charge >= 0.3 is 6.61 Å². The van der Waals surface area contributed by atoms with Crippen LogP contribution in [0.5, 0.6) is 5.75 Å². The van der Waals surface area contributed by atoms with Gasteiger partial charge in [-0.1, -0.05) is 12.1 Å². The average Bonchev–Trinajstić information content (AvgIpc) is 2.54. The van der Waals surface area contributed by atoms with Crippen LogP contribution in [0.25, 0.3) is 0 Å². The number of piperidine rings is 1. The van der Waals surface area contributed by atoms with Gasteiger partial charge in [0.1, 0.15) is 10.6 Å². The molecular weight excluding hydrogens is 342 g/mol. The van der Waals surface area contributed by atoms with Crippen molar-refractivity contribution < 1.29 is 26.7 Å². The van der Waals surface area contributed by atoms with Crippen molar-refractivity contribution in [2.24, 2.45) is 5.41 Å². The molecule has 1 aliphatic rings. The number of para-hydroxylation sites is 1. The fraction of sp³-hybridized carbons (Fsp3) is 0.600. The van der Waals surface area contributed by atoms with Gasteiger partial charge in [-0.3, -0.25) is 0 Å². The Balaban J connectivity index is 2.16. The molecule has 1 aliphatic heterocycles. The molecule has 2 N–H and O–H groups in total. The molecule has 1 heterocycles. The first-order chi connectivity index (χ1) is 11.4. The first-order valence-corrected chi connectivity index (χ1v) is 9.10. The summed E-state index contributed by atoms with van der Waals surface area (Å²) in [6, 6.07) is 5.35. The van der Waals surface area contributed by atoms with Crippen molar-refractivity contribution in [3.05, 3.63) is 24.3 Å². The molecule has 1 aromatic rings. The molecule has 9 heteroatoms. The minimum Gasteiger partial charge on any atom is -0.433 e. The van der Waals surface area contributed by atoms with Gasteiger partial charge in [0, 0.05) is 19.1 Å². The first kappa shape index (κ1) is 19.0. The molecule has 24 heavy (non-hydrogen) atoms. The van der Waals surface area contributed by atoms with E-state index < -0.39 is 16.6 Å². The molecule has 0 amide bonds. The molecule has 0 bridgehead atoms. The highest BCUT2D eigenvalue weighted by atomic mass is 32.2. The van der Waals surface area contributed by atoms with Crippen molar-refractivity contribution in [3.63, 3.8) is 0 Å². The Morgan fingerprint density at radius 1 is 1.29 bits per heavy atom. The smallest absolute Gasteiger partial charge is 0.387 e. The topological polar surface area (TPSA) is 76.7 Å². The quantitative estimate of drug-likeness (QED) is 0.733. The van der Waals surface area contributed by atoms with Gasteiger partial charge in [-0.05, 0) is 38.1 Å². The third kappa shape index (κ3) is 4.85. The van der Waals surface area contributed by atoms with Crippen LogP contribution in [0, 0.1) is 5.41 Å². The highest BCUT2D eigenvalue weighted by Crippen LogP contribution is 2.30. The van der Waals surface area contributed by atoms with E-state index in [-0.39, 0.29) is 22.6 Å². The van der Waals surface area contributed by atoms with Gasteiger partial charge < -0.3 is 14.8 Å². The Labute approximate surface area is 140 Å².